The number of ether oxygens (including phenoxy) is 2. The molecular formula is C28H44O4. The van der Waals surface area contributed by atoms with Crippen LogP contribution in [0.3, 0.4) is 0 Å². The third kappa shape index (κ3) is 2.45. The Hall–Kier alpha value is -0.610. The van der Waals surface area contributed by atoms with Gasteiger partial charge in [0, 0.05) is 6.92 Å². The SMILES string of the molecule is CC(=O)OCC1CCC2C(CC3[C@@H]4CCC5C(C)(C)[C@@H](O)CC[C@@]56[C@@H](C)[C@@]46CC[C@]23C)O1. The molecular weight excluding hydrogens is 400 g/mol. The summed E-state index contributed by atoms with van der Waals surface area (Å²) < 4.78 is 11.9. The van der Waals surface area contributed by atoms with Crippen molar-refractivity contribution in [3.8, 4) is 0 Å². The highest BCUT2D eigenvalue weighted by molar-refractivity contribution is 5.65. The van der Waals surface area contributed by atoms with Gasteiger partial charge in [-0.25, -0.2) is 0 Å². The fourth-order valence-electron chi connectivity index (χ4n) is 11.4. The van der Waals surface area contributed by atoms with Crippen LogP contribution in [-0.2, 0) is 14.3 Å². The van der Waals surface area contributed by atoms with Crippen LogP contribution < -0.4 is 0 Å². The summed E-state index contributed by atoms with van der Waals surface area (Å²) in [7, 11) is 0. The number of carbonyl (C=O) groups is 1. The van der Waals surface area contributed by atoms with Crippen molar-refractivity contribution in [1.82, 2.24) is 0 Å². The first-order valence-electron chi connectivity index (χ1n) is 13.6. The zero-order valence-corrected chi connectivity index (χ0v) is 20.9. The molecule has 1 saturated heterocycles. The molecule has 5 unspecified atom stereocenters. The minimum atomic E-state index is -0.199. The van der Waals surface area contributed by atoms with E-state index in [0.29, 0.717) is 40.8 Å². The Balaban J connectivity index is 1.27. The summed E-state index contributed by atoms with van der Waals surface area (Å²) in [4.78, 5) is 11.3. The molecule has 0 bridgehead atoms. The van der Waals surface area contributed by atoms with Crippen molar-refractivity contribution in [3.05, 3.63) is 0 Å². The number of rotatable bonds is 2. The second kappa shape index (κ2) is 6.74. The van der Waals surface area contributed by atoms with Crippen LogP contribution in [0.25, 0.3) is 0 Å². The van der Waals surface area contributed by atoms with Crippen molar-refractivity contribution in [2.24, 2.45) is 51.2 Å². The van der Waals surface area contributed by atoms with E-state index >= 15 is 0 Å². The number of esters is 1. The molecule has 6 fully saturated rings. The Labute approximate surface area is 194 Å². The third-order valence-electron chi connectivity index (χ3n) is 12.8. The normalized spacial score (nSPS) is 57.3. The molecule has 0 amide bonds. The van der Waals surface area contributed by atoms with E-state index in [9.17, 15) is 9.90 Å². The molecule has 180 valence electrons. The maximum absolute atomic E-state index is 11.3. The predicted molar refractivity (Wildman–Crippen MR) is 123 cm³/mol. The van der Waals surface area contributed by atoms with Gasteiger partial charge in [-0.1, -0.05) is 27.7 Å². The molecule has 1 heterocycles. The summed E-state index contributed by atoms with van der Waals surface area (Å²) in [6.07, 6.45) is 11.4. The summed E-state index contributed by atoms with van der Waals surface area (Å²) in [5.41, 5.74) is 1.46. The van der Waals surface area contributed by atoms with Gasteiger partial charge in [0.15, 0.2) is 0 Å². The smallest absolute Gasteiger partial charge is 0.302 e. The van der Waals surface area contributed by atoms with E-state index < -0.39 is 0 Å². The summed E-state index contributed by atoms with van der Waals surface area (Å²) in [6, 6.07) is 0. The number of aliphatic hydroxyl groups excluding tert-OH is 1. The molecule has 1 aliphatic heterocycles. The Morgan fingerprint density at radius 3 is 2.47 bits per heavy atom. The van der Waals surface area contributed by atoms with Crippen LogP contribution in [0.15, 0.2) is 0 Å². The maximum Gasteiger partial charge on any atom is 0.302 e. The number of carbonyl (C=O) groups excluding carboxylic acids is 1. The second-order valence-corrected chi connectivity index (χ2v) is 13.5. The van der Waals surface area contributed by atoms with Gasteiger partial charge in [0.1, 0.15) is 6.61 Å². The monoisotopic (exact) mass is 444 g/mol. The topological polar surface area (TPSA) is 55.8 Å². The maximum atomic E-state index is 11.3. The van der Waals surface area contributed by atoms with Crippen molar-refractivity contribution in [2.75, 3.05) is 6.61 Å². The van der Waals surface area contributed by atoms with Crippen molar-refractivity contribution >= 4 is 5.97 Å². The van der Waals surface area contributed by atoms with Gasteiger partial charge >= 0.3 is 5.97 Å². The van der Waals surface area contributed by atoms with E-state index in [0.717, 1.165) is 30.6 Å². The first-order chi connectivity index (χ1) is 15.1. The quantitative estimate of drug-likeness (QED) is 0.582. The van der Waals surface area contributed by atoms with Crippen LogP contribution in [0.1, 0.15) is 92.4 Å². The number of aliphatic hydroxyl groups is 1. The van der Waals surface area contributed by atoms with Gasteiger partial charge in [0.2, 0.25) is 0 Å². The molecule has 5 saturated carbocycles. The summed E-state index contributed by atoms with van der Waals surface area (Å²) in [5.74, 6) is 3.57. The lowest BCUT2D eigenvalue weighted by atomic mass is 9.46. The summed E-state index contributed by atoms with van der Waals surface area (Å²) >= 11 is 0. The molecule has 32 heavy (non-hydrogen) atoms. The standard InChI is InChI=1S/C28H44O4/c1-16-27-13-12-26(5)20-7-6-18(15-31-17(2)29)32-22(20)14-21(26)19(27)8-9-23-25(3,4)24(30)10-11-28(16,23)27/h16,18-24,30H,6-15H2,1-5H3/t16-,18?,19-,20?,21?,22?,23?,24-,26+,27-,28+/m0/s1. The van der Waals surface area contributed by atoms with Crippen LogP contribution in [-0.4, -0.2) is 36.0 Å². The minimum absolute atomic E-state index is 0.0540. The minimum Gasteiger partial charge on any atom is -0.463 e. The van der Waals surface area contributed by atoms with E-state index in [1.54, 1.807) is 0 Å². The van der Waals surface area contributed by atoms with Crippen molar-refractivity contribution in [3.63, 3.8) is 0 Å². The highest BCUT2D eigenvalue weighted by Gasteiger charge is 2.84. The van der Waals surface area contributed by atoms with Crippen LogP contribution in [0.5, 0.6) is 0 Å². The van der Waals surface area contributed by atoms with Gasteiger partial charge in [-0.15, -0.1) is 0 Å². The highest BCUT2D eigenvalue weighted by Crippen LogP contribution is 2.89. The summed E-state index contributed by atoms with van der Waals surface area (Å²) in [5, 5.41) is 10.9. The predicted octanol–water partition coefficient (Wildman–Crippen LogP) is 5.36. The lowest BCUT2D eigenvalue weighted by Crippen LogP contribution is -2.54. The molecule has 4 nitrogen and oxygen atoms in total. The molecule has 11 atom stereocenters. The van der Waals surface area contributed by atoms with Gasteiger partial charge in [-0.2, -0.15) is 0 Å². The van der Waals surface area contributed by atoms with Crippen LogP contribution >= 0.6 is 0 Å². The molecule has 5 aliphatic carbocycles. The molecule has 0 aromatic carbocycles. The number of hydrogen-bond donors (Lipinski definition) is 1. The van der Waals surface area contributed by atoms with Crippen LogP contribution in [0.4, 0.5) is 0 Å². The van der Waals surface area contributed by atoms with Gasteiger partial charge < -0.3 is 14.6 Å². The van der Waals surface area contributed by atoms with E-state index in [2.05, 4.69) is 27.7 Å². The molecule has 1 N–H and O–H groups in total. The Kier molecular flexibility index (Phi) is 4.61. The fraction of sp³-hybridized carbons (Fsp3) is 0.964. The molecule has 2 spiro atoms. The Morgan fingerprint density at radius 1 is 0.969 bits per heavy atom. The zero-order valence-electron chi connectivity index (χ0n) is 20.9. The van der Waals surface area contributed by atoms with Gasteiger partial charge in [0.25, 0.3) is 0 Å². The molecule has 4 heteroatoms. The van der Waals surface area contributed by atoms with Gasteiger partial charge in [-0.05, 0) is 109 Å². The number of hydrogen-bond acceptors (Lipinski definition) is 4. The first-order valence-corrected chi connectivity index (χ1v) is 13.6. The lowest BCUT2D eigenvalue weighted by molar-refractivity contribution is -0.154. The first kappa shape index (κ1) is 21.9. The van der Waals surface area contributed by atoms with Crippen LogP contribution in [0, 0.1) is 51.2 Å². The molecule has 6 aliphatic rings. The van der Waals surface area contributed by atoms with Crippen molar-refractivity contribution in [1.29, 1.82) is 0 Å². The highest BCUT2D eigenvalue weighted by atomic mass is 16.6. The fourth-order valence-corrected chi connectivity index (χ4v) is 11.4. The Bertz CT molecular complexity index is 807. The summed E-state index contributed by atoms with van der Waals surface area (Å²) in [6.45, 7) is 11.8. The second-order valence-electron chi connectivity index (χ2n) is 13.5. The zero-order chi connectivity index (χ0) is 22.7. The molecule has 0 aromatic heterocycles. The van der Waals surface area contributed by atoms with Crippen molar-refractivity contribution in [2.45, 2.75) is 111 Å². The van der Waals surface area contributed by atoms with Crippen molar-refractivity contribution < 1.29 is 19.4 Å². The van der Waals surface area contributed by atoms with Gasteiger partial charge in [-0.3, -0.25) is 4.79 Å². The average molecular weight is 445 g/mol. The van der Waals surface area contributed by atoms with E-state index in [1.807, 2.05) is 0 Å². The van der Waals surface area contributed by atoms with Crippen LogP contribution in [0.2, 0.25) is 0 Å². The van der Waals surface area contributed by atoms with E-state index in [-0.39, 0.29) is 23.6 Å². The van der Waals surface area contributed by atoms with E-state index in [1.165, 1.54) is 51.9 Å². The lowest BCUT2D eigenvalue weighted by Gasteiger charge is -2.59. The Morgan fingerprint density at radius 2 is 1.72 bits per heavy atom. The number of fused-ring (bicyclic) bond motifs is 4. The molecule has 0 radical (unpaired) electrons. The van der Waals surface area contributed by atoms with Gasteiger partial charge in [0.05, 0.1) is 18.3 Å². The third-order valence-corrected chi connectivity index (χ3v) is 12.8. The molecule has 0 aromatic rings. The average Bonchev–Trinajstić information content (AvgIpc) is 3.13. The van der Waals surface area contributed by atoms with E-state index in [4.69, 9.17) is 9.47 Å². The molecule has 6 rings (SSSR count). The largest absolute Gasteiger partial charge is 0.463 e.